The Bertz CT molecular complexity index is 1060. The highest BCUT2D eigenvalue weighted by Gasteiger charge is 2.38. The molecule has 196 valence electrons. The van der Waals surface area contributed by atoms with Gasteiger partial charge >= 0.3 is 0 Å². The van der Waals surface area contributed by atoms with Crippen molar-refractivity contribution >= 4 is 29.1 Å². The van der Waals surface area contributed by atoms with Gasteiger partial charge in [0.25, 0.3) is 5.91 Å². The SMILES string of the molecule is Cc1cc(CCC(C)(C)C)ccc1N(C(=O)CCl)C(C(=O)N1CC(C)N[C@H](C)C1)c1ccc(F)cc1. The van der Waals surface area contributed by atoms with Crippen molar-refractivity contribution < 1.29 is 14.0 Å². The molecule has 1 N–H and O–H groups in total. The topological polar surface area (TPSA) is 52.7 Å². The molecule has 2 amide bonds. The van der Waals surface area contributed by atoms with Gasteiger partial charge in [-0.25, -0.2) is 4.39 Å². The Labute approximate surface area is 220 Å². The molecule has 1 heterocycles. The van der Waals surface area contributed by atoms with Crippen LogP contribution >= 0.6 is 11.6 Å². The van der Waals surface area contributed by atoms with Crippen molar-refractivity contribution in [1.29, 1.82) is 0 Å². The number of carbonyl (C=O) groups excluding carboxylic acids is 2. The number of nitrogens with one attached hydrogen (secondary N) is 1. The summed E-state index contributed by atoms with van der Waals surface area (Å²) in [6, 6.07) is 11.1. The molecule has 7 heteroatoms. The molecule has 1 saturated heterocycles. The number of amides is 2. The maximum Gasteiger partial charge on any atom is 0.250 e. The Kier molecular flexibility index (Phi) is 9.18. The fraction of sp³-hybridized carbons (Fsp3) is 0.517. The van der Waals surface area contributed by atoms with Crippen LogP contribution in [0.5, 0.6) is 0 Å². The first-order valence-electron chi connectivity index (χ1n) is 12.7. The van der Waals surface area contributed by atoms with Crippen molar-refractivity contribution in [3.05, 3.63) is 65.0 Å². The van der Waals surface area contributed by atoms with Gasteiger partial charge in [0.05, 0.1) is 0 Å². The standard InChI is InChI=1S/C29H39ClFN3O2/c1-19-15-22(13-14-29(4,5)6)7-12-25(19)34(26(35)16-30)27(23-8-10-24(31)11-9-23)28(36)33-17-20(2)32-21(3)18-33/h7-12,15,20-21,27,32H,13-14,16-18H2,1-6H3/t20-,21?,27?/m1/s1. The van der Waals surface area contributed by atoms with E-state index in [1.807, 2.05) is 32.9 Å². The van der Waals surface area contributed by atoms with Gasteiger partial charge in [-0.1, -0.05) is 45.0 Å². The number of anilines is 1. The smallest absolute Gasteiger partial charge is 0.250 e. The molecule has 0 aliphatic carbocycles. The first-order valence-corrected chi connectivity index (χ1v) is 13.2. The zero-order chi connectivity index (χ0) is 26.6. The third-order valence-electron chi connectivity index (χ3n) is 6.61. The number of nitrogens with zero attached hydrogens (tertiary/aromatic N) is 2. The van der Waals surface area contributed by atoms with Crippen molar-refractivity contribution in [2.75, 3.05) is 23.9 Å². The van der Waals surface area contributed by atoms with Gasteiger partial charge in [0.15, 0.2) is 0 Å². The number of rotatable bonds is 7. The molecule has 1 fully saturated rings. The van der Waals surface area contributed by atoms with Crippen LogP contribution in [0, 0.1) is 18.2 Å². The predicted molar refractivity (Wildman–Crippen MR) is 145 cm³/mol. The zero-order valence-electron chi connectivity index (χ0n) is 22.3. The van der Waals surface area contributed by atoms with Crippen molar-refractivity contribution in [3.8, 4) is 0 Å². The summed E-state index contributed by atoms with van der Waals surface area (Å²) >= 11 is 6.09. The third-order valence-corrected chi connectivity index (χ3v) is 6.84. The highest BCUT2D eigenvalue weighted by atomic mass is 35.5. The molecule has 5 nitrogen and oxygen atoms in total. The summed E-state index contributed by atoms with van der Waals surface area (Å²) in [5.74, 6) is -1.24. The number of alkyl halides is 1. The van der Waals surface area contributed by atoms with E-state index in [1.165, 1.54) is 22.6 Å². The maximum atomic E-state index is 14.1. The fourth-order valence-corrected chi connectivity index (χ4v) is 5.00. The molecule has 0 aromatic heterocycles. The highest BCUT2D eigenvalue weighted by Crippen LogP contribution is 2.34. The molecule has 0 bridgehead atoms. The van der Waals surface area contributed by atoms with Crippen LogP contribution in [0.2, 0.25) is 0 Å². The minimum Gasteiger partial charge on any atom is -0.337 e. The van der Waals surface area contributed by atoms with E-state index in [0.29, 0.717) is 24.3 Å². The summed E-state index contributed by atoms with van der Waals surface area (Å²) in [6.07, 6.45) is 1.96. The van der Waals surface area contributed by atoms with Crippen LogP contribution in [0.1, 0.15) is 63.8 Å². The van der Waals surface area contributed by atoms with Crippen LogP contribution in [-0.4, -0.2) is 47.8 Å². The molecule has 0 spiro atoms. The van der Waals surface area contributed by atoms with Crippen LogP contribution in [0.15, 0.2) is 42.5 Å². The molecule has 2 aromatic carbocycles. The van der Waals surface area contributed by atoms with E-state index < -0.39 is 11.9 Å². The Morgan fingerprint density at radius 1 is 1.11 bits per heavy atom. The molecule has 3 atom stereocenters. The minimum atomic E-state index is -0.950. The zero-order valence-corrected chi connectivity index (χ0v) is 23.0. The molecular formula is C29H39ClFN3O2. The number of halogens is 2. The molecule has 2 unspecified atom stereocenters. The first kappa shape index (κ1) is 28.1. The quantitative estimate of drug-likeness (QED) is 0.486. The number of aryl methyl sites for hydroxylation is 2. The number of hydrogen-bond donors (Lipinski definition) is 1. The van der Waals surface area contributed by atoms with E-state index in [4.69, 9.17) is 11.6 Å². The summed E-state index contributed by atoms with van der Waals surface area (Å²) in [5, 5.41) is 3.44. The Balaban J connectivity index is 2.06. The number of hydrogen-bond acceptors (Lipinski definition) is 3. The number of carbonyl (C=O) groups is 2. The normalized spacial score (nSPS) is 19.2. The summed E-state index contributed by atoms with van der Waals surface area (Å²) in [6.45, 7) is 13.7. The van der Waals surface area contributed by atoms with E-state index in [-0.39, 0.29) is 35.2 Å². The van der Waals surface area contributed by atoms with E-state index >= 15 is 0 Å². The van der Waals surface area contributed by atoms with Gasteiger partial charge in [-0.3, -0.25) is 14.5 Å². The second-order valence-corrected chi connectivity index (χ2v) is 11.5. The van der Waals surface area contributed by atoms with Gasteiger partial charge in [-0.05, 0) is 73.9 Å². The molecule has 36 heavy (non-hydrogen) atoms. The van der Waals surface area contributed by atoms with Crippen LogP contribution < -0.4 is 10.2 Å². The lowest BCUT2D eigenvalue weighted by Gasteiger charge is -2.40. The first-order chi connectivity index (χ1) is 16.9. The summed E-state index contributed by atoms with van der Waals surface area (Å²) < 4.78 is 13.8. The Hall–Kier alpha value is -2.44. The van der Waals surface area contributed by atoms with Gasteiger partial charge in [0.1, 0.15) is 17.7 Å². The van der Waals surface area contributed by atoms with Crippen molar-refractivity contribution in [2.24, 2.45) is 5.41 Å². The van der Waals surface area contributed by atoms with E-state index in [2.05, 4.69) is 32.2 Å². The molecule has 0 radical (unpaired) electrons. The minimum absolute atomic E-state index is 0.118. The monoisotopic (exact) mass is 515 g/mol. The van der Waals surface area contributed by atoms with Gasteiger partial charge in [0.2, 0.25) is 5.91 Å². The van der Waals surface area contributed by atoms with Crippen molar-refractivity contribution in [2.45, 2.75) is 72.5 Å². The van der Waals surface area contributed by atoms with E-state index in [9.17, 15) is 14.0 Å². The second-order valence-electron chi connectivity index (χ2n) is 11.2. The van der Waals surface area contributed by atoms with Crippen LogP contribution in [-0.2, 0) is 16.0 Å². The second kappa shape index (κ2) is 11.7. The molecule has 0 saturated carbocycles. The van der Waals surface area contributed by atoms with Crippen LogP contribution in [0.3, 0.4) is 0 Å². The Morgan fingerprint density at radius 3 is 2.25 bits per heavy atom. The lowest BCUT2D eigenvalue weighted by atomic mass is 9.88. The lowest BCUT2D eigenvalue weighted by Crippen LogP contribution is -2.58. The largest absolute Gasteiger partial charge is 0.337 e. The molecule has 1 aliphatic heterocycles. The van der Waals surface area contributed by atoms with E-state index in [0.717, 1.165) is 18.4 Å². The summed E-state index contributed by atoms with van der Waals surface area (Å²) in [4.78, 5) is 30.7. The average molecular weight is 516 g/mol. The van der Waals surface area contributed by atoms with Gasteiger partial charge in [-0.2, -0.15) is 0 Å². The van der Waals surface area contributed by atoms with Crippen molar-refractivity contribution in [3.63, 3.8) is 0 Å². The molecule has 3 rings (SSSR count). The maximum absolute atomic E-state index is 14.1. The van der Waals surface area contributed by atoms with Crippen LogP contribution in [0.25, 0.3) is 0 Å². The van der Waals surface area contributed by atoms with Gasteiger partial charge in [0, 0.05) is 30.9 Å². The predicted octanol–water partition coefficient (Wildman–Crippen LogP) is 5.63. The molecular weight excluding hydrogens is 477 g/mol. The highest BCUT2D eigenvalue weighted by molar-refractivity contribution is 6.30. The summed E-state index contributed by atoms with van der Waals surface area (Å²) in [5.41, 5.74) is 3.47. The third kappa shape index (κ3) is 7.07. The van der Waals surface area contributed by atoms with Gasteiger partial charge < -0.3 is 10.2 Å². The van der Waals surface area contributed by atoms with Gasteiger partial charge in [-0.15, -0.1) is 11.6 Å². The number of piperazine rings is 1. The fourth-order valence-electron chi connectivity index (χ4n) is 4.87. The lowest BCUT2D eigenvalue weighted by molar-refractivity contribution is -0.136. The summed E-state index contributed by atoms with van der Waals surface area (Å²) in [7, 11) is 0. The average Bonchev–Trinajstić information content (AvgIpc) is 2.80. The molecule has 2 aromatic rings. The molecule has 1 aliphatic rings. The van der Waals surface area contributed by atoms with E-state index in [1.54, 1.807) is 17.0 Å². The Morgan fingerprint density at radius 2 is 1.72 bits per heavy atom. The number of benzene rings is 2. The van der Waals surface area contributed by atoms with Crippen LogP contribution in [0.4, 0.5) is 10.1 Å². The van der Waals surface area contributed by atoms with Crippen molar-refractivity contribution in [1.82, 2.24) is 10.2 Å².